The zero-order valence-corrected chi connectivity index (χ0v) is 12.4. The number of alkyl halides is 1. The normalized spacial score (nSPS) is 23.5. The summed E-state index contributed by atoms with van der Waals surface area (Å²) in [6.45, 7) is 2.42. The minimum absolute atomic E-state index is 0.0351. The largest absolute Gasteiger partial charge is 0.396 e. The summed E-state index contributed by atoms with van der Waals surface area (Å²) in [5, 5.41) is 10.7. The van der Waals surface area contributed by atoms with E-state index in [1.807, 2.05) is 34.6 Å². The lowest BCUT2D eigenvalue weighted by Crippen LogP contribution is -2.41. The van der Waals surface area contributed by atoms with Crippen LogP contribution in [0.4, 0.5) is 0 Å². The van der Waals surface area contributed by atoms with E-state index in [-0.39, 0.29) is 24.5 Å². The van der Waals surface area contributed by atoms with E-state index in [0.717, 1.165) is 11.3 Å². The number of aliphatic hydroxyl groups excluding tert-OH is 1. The molecule has 104 valence electrons. The zero-order chi connectivity index (χ0) is 13.8. The third kappa shape index (κ3) is 3.59. The van der Waals surface area contributed by atoms with Gasteiger partial charge in [0, 0.05) is 17.4 Å². The third-order valence-electron chi connectivity index (χ3n) is 3.31. The van der Waals surface area contributed by atoms with Crippen molar-refractivity contribution < 1.29 is 9.90 Å². The van der Waals surface area contributed by atoms with E-state index in [2.05, 4.69) is 0 Å². The zero-order valence-electron chi connectivity index (χ0n) is 10.8. The first kappa shape index (κ1) is 14.6. The molecule has 2 rings (SSSR count). The summed E-state index contributed by atoms with van der Waals surface area (Å²) in [5.41, 5.74) is 0. The lowest BCUT2D eigenvalue weighted by Gasteiger charge is -2.29. The molecule has 0 saturated heterocycles. The maximum Gasteiger partial charge on any atom is 0.241 e. The van der Waals surface area contributed by atoms with Crippen LogP contribution in [0.1, 0.15) is 18.2 Å². The average Bonchev–Trinajstić information content (AvgIpc) is 3.05. The fourth-order valence-electron chi connectivity index (χ4n) is 2.28. The maximum atomic E-state index is 12.3. The third-order valence-corrected chi connectivity index (χ3v) is 4.36. The number of carbonyl (C=O) groups is 1. The number of carbonyl (C=O) groups excluding carboxylic acids is 1. The van der Waals surface area contributed by atoms with E-state index in [0.29, 0.717) is 6.54 Å². The minimum atomic E-state index is -0.526. The van der Waals surface area contributed by atoms with Crippen LogP contribution in [0.3, 0.4) is 0 Å². The molecule has 1 aromatic rings. The highest BCUT2D eigenvalue weighted by Gasteiger charge is 2.29. The molecule has 3 atom stereocenters. The second-order valence-electron chi connectivity index (χ2n) is 4.79. The summed E-state index contributed by atoms with van der Waals surface area (Å²) in [5.74, 6) is 0.0950. The second kappa shape index (κ2) is 6.55. The standard InChI is InChI=1S/C14H18ClNO2S/c1-10(15)14(18)16(8-13-3-2-6-19-13)12-5-4-11(7-12)9-17/h2-6,10-12,17H,7-9H2,1H3/t10?,11-,12+/m0/s1. The van der Waals surface area contributed by atoms with Crippen molar-refractivity contribution in [3.63, 3.8) is 0 Å². The van der Waals surface area contributed by atoms with Gasteiger partial charge in [-0.3, -0.25) is 4.79 Å². The van der Waals surface area contributed by atoms with Crippen LogP contribution in [0.15, 0.2) is 29.7 Å². The van der Waals surface area contributed by atoms with Crippen LogP contribution >= 0.6 is 22.9 Å². The highest BCUT2D eigenvalue weighted by atomic mass is 35.5. The summed E-state index contributed by atoms with van der Waals surface area (Å²) in [4.78, 5) is 15.2. The minimum Gasteiger partial charge on any atom is -0.396 e. The van der Waals surface area contributed by atoms with Crippen LogP contribution in [-0.2, 0) is 11.3 Å². The highest BCUT2D eigenvalue weighted by molar-refractivity contribution is 7.09. The molecular weight excluding hydrogens is 282 g/mol. The Bertz CT molecular complexity index is 444. The van der Waals surface area contributed by atoms with E-state index in [9.17, 15) is 9.90 Å². The molecule has 0 fully saturated rings. The van der Waals surface area contributed by atoms with Crippen LogP contribution in [0.25, 0.3) is 0 Å². The average molecular weight is 300 g/mol. The Morgan fingerprint density at radius 2 is 2.42 bits per heavy atom. The van der Waals surface area contributed by atoms with Gasteiger partial charge in [0.25, 0.3) is 0 Å². The molecule has 1 heterocycles. The van der Waals surface area contributed by atoms with Gasteiger partial charge in [-0.25, -0.2) is 0 Å². The number of hydrogen-bond donors (Lipinski definition) is 1. The summed E-state index contributed by atoms with van der Waals surface area (Å²) in [7, 11) is 0. The number of amides is 1. The monoisotopic (exact) mass is 299 g/mol. The van der Waals surface area contributed by atoms with E-state index in [1.165, 1.54) is 0 Å². The molecule has 0 aromatic carbocycles. The molecule has 1 aliphatic rings. The van der Waals surface area contributed by atoms with Gasteiger partial charge in [-0.15, -0.1) is 22.9 Å². The van der Waals surface area contributed by atoms with Crippen molar-refractivity contribution in [1.29, 1.82) is 0 Å². The number of halogens is 1. The summed E-state index contributed by atoms with van der Waals surface area (Å²) >= 11 is 7.59. The Kier molecular flexibility index (Phi) is 5.02. The Hall–Kier alpha value is -0.840. The van der Waals surface area contributed by atoms with Gasteiger partial charge in [0.15, 0.2) is 0 Å². The smallest absolute Gasteiger partial charge is 0.241 e. The van der Waals surface area contributed by atoms with Gasteiger partial charge >= 0.3 is 0 Å². The summed E-state index contributed by atoms with van der Waals surface area (Å²) in [6, 6.07) is 4.03. The van der Waals surface area contributed by atoms with Crippen LogP contribution in [0.2, 0.25) is 0 Å². The predicted molar refractivity (Wildman–Crippen MR) is 78.3 cm³/mol. The molecule has 5 heteroatoms. The Morgan fingerprint density at radius 3 is 2.95 bits per heavy atom. The number of aliphatic hydroxyl groups is 1. The fourth-order valence-corrected chi connectivity index (χ4v) is 3.10. The van der Waals surface area contributed by atoms with Gasteiger partial charge in [0.2, 0.25) is 5.91 Å². The summed E-state index contributed by atoms with van der Waals surface area (Å²) in [6.07, 6.45) is 4.77. The van der Waals surface area contributed by atoms with E-state index in [1.54, 1.807) is 18.3 Å². The van der Waals surface area contributed by atoms with Crippen molar-refractivity contribution in [2.45, 2.75) is 31.3 Å². The molecule has 1 amide bonds. The van der Waals surface area contributed by atoms with E-state index in [4.69, 9.17) is 11.6 Å². The van der Waals surface area contributed by atoms with Crippen molar-refractivity contribution >= 4 is 28.8 Å². The van der Waals surface area contributed by atoms with Crippen LogP contribution in [-0.4, -0.2) is 33.9 Å². The topological polar surface area (TPSA) is 40.5 Å². The van der Waals surface area contributed by atoms with Gasteiger partial charge < -0.3 is 10.0 Å². The molecule has 0 spiro atoms. The molecule has 1 N–H and O–H groups in total. The molecule has 1 aromatic heterocycles. The van der Waals surface area contributed by atoms with Crippen molar-refractivity contribution in [2.75, 3.05) is 6.61 Å². The SMILES string of the molecule is CC(Cl)C(=O)N(Cc1cccs1)[C@@H]1C=C[C@H](CO)C1. The number of nitrogens with zero attached hydrogens (tertiary/aromatic N) is 1. The Balaban J connectivity index is 2.11. The van der Waals surface area contributed by atoms with Crippen molar-refractivity contribution in [1.82, 2.24) is 4.90 Å². The first-order chi connectivity index (χ1) is 9.11. The van der Waals surface area contributed by atoms with Gasteiger partial charge in [-0.1, -0.05) is 18.2 Å². The van der Waals surface area contributed by atoms with Crippen molar-refractivity contribution in [2.24, 2.45) is 5.92 Å². The molecule has 0 saturated carbocycles. The van der Waals surface area contributed by atoms with Gasteiger partial charge in [-0.05, 0) is 24.8 Å². The van der Waals surface area contributed by atoms with Crippen molar-refractivity contribution in [3.05, 3.63) is 34.5 Å². The first-order valence-electron chi connectivity index (χ1n) is 6.38. The predicted octanol–water partition coefficient (Wildman–Crippen LogP) is 2.64. The number of thiophene rings is 1. The lowest BCUT2D eigenvalue weighted by atomic mass is 10.1. The Labute approximate surface area is 122 Å². The van der Waals surface area contributed by atoms with Crippen LogP contribution < -0.4 is 0 Å². The molecule has 0 radical (unpaired) electrons. The van der Waals surface area contributed by atoms with Gasteiger partial charge in [-0.2, -0.15) is 0 Å². The Morgan fingerprint density at radius 1 is 1.63 bits per heavy atom. The van der Waals surface area contributed by atoms with Crippen LogP contribution in [0, 0.1) is 5.92 Å². The van der Waals surface area contributed by atoms with E-state index < -0.39 is 5.38 Å². The number of hydrogen-bond acceptors (Lipinski definition) is 3. The molecule has 1 unspecified atom stereocenters. The first-order valence-corrected chi connectivity index (χ1v) is 7.69. The fraction of sp³-hybridized carbons (Fsp3) is 0.500. The van der Waals surface area contributed by atoms with Crippen molar-refractivity contribution in [3.8, 4) is 0 Å². The van der Waals surface area contributed by atoms with E-state index >= 15 is 0 Å². The van der Waals surface area contributed by atoms with Gasteiger partial charge in [0.05, 0.1) is 12.6 Å². The van der Waals surface area contributed by atoms with Crippen LogP contribution in [0.5, 0.6) is 0 Å². The molecule has 3 nitrogen and oxygen atoms in total. The molecule has 0 aliphatic heterocycles. The summed E-state index contributed by atoms with van der Waals surface area (Å²) < 4.78 is 0. The van der Waals surface area contributed by atoms with Gasteiger partial charge in [0.1, 0.15) is 5.38 Å². The molecule has 0 bridgehead atoms. The molecule has 1 aliphatic carbocycles. The second-order valence-corrected chi connectivity index (χ2v) is 6.48. The molecular formula is C14H18ClNO2S. The quantitative estimate of drug-likeness (QED) is 0.671. The number of rotatable bonds is 5. The maximum absolute atomic E-state index is 12.3. The highest BCUT2D eigenvalue weighted by Crippen LogP contribution is 2.25. The molecule has 19 heavy (non-hydrogen) atoms. The lowest BCUT2D eigenvalue weighted by molar-refractivity contribution is -0.132.